The first-order valence-electron chi connectivity index (χ1n) is 11.0. The second kappa shape index (κ2) is 8.49. The SMILES string of the molecule is Cc1nc2sc(C(=O)N[C@H]3CCc4nc(N5C[C@@H](CF)[C@@H](N)C5)ccc4C3)c(N)c2cc1F. The summed E-state index contributed by atoms with van der Waals surface area (Å²) >= 11 is 1.18. The molecule has 5 rings (SSSR count). The van der Waals surface area contributed by atoms with Gasteiger partial charge in [-0.2, -0.15) is 0 Å². The van der Waals surface area contributed by atoms with Crippen LogP contribution in [0.15, 0.2) is 18.2 Å². The van der Waals surface area contributed by atoms with E-state index in [-0.39, 0.29) is 35.3 Å². The van der Waals surface area contributed by atoms with Crippen molar-refractivity contribution in [2.75, 3.05) is 30.4 Å². The van der Waals surface area contributed by atoms with Crippen molar-refractivity contribution in [1.29, 1.82) is 0 Å². The van der Waals surface area contributed by atoms with Gasteiger partial charge in [0.15, 0.2) is 0 Å². The lowest BCUT2D eigenvalue weighted by atomic mass is 9.91. The topological polar surface area (TPSA) is 110 Å². The van der Waals surface area contributed by atoms with E-state index in [0.717, 1.165) is 29.9 Å². The standard InChI is InChI=1S/C23H26F2N6OS/c1-11-16(25)7-15-20(27)21(33-23(15)28-11)22(32)29-14-3-4-18-12(6-14)2-5-19(30-18)31-9-13(8-24)17(26)10-31/h2,5,7,13-14,17H,3-4,6,8-10,26-27H2,1H3,(H,29,32)/t13-,14+,17+/m1/s1. The Kier molecular flexibility index (Phi) is 5.65. The molecule has 3 atom stereocenters. The maximum Gasteiger partial charge on any atom is 0.263 e. The molecular weight excluding hydrogens is 446 g/mol. The zero-order valence-electron chi connectivity index (χ0n) is 18.3. The Hall–Kier alpha value is -2.85. The average Bonchev–Trinajstić information content (AvgIpc) is 3.33. The molecule has 0 bridgehead atoms. The maximum atomic E-state index is 13.9. The number of nitrogens with two attached hydrogens (primary N) is 2. The summed E-state index contributed by atoms with van der Waals surface area (Å²) in [6.07, 6.45) is 2.14. The van der Waals surface area contributed by atoms with Gasteiger partial charge in [-0.15, -0.1) is 11.3 Å². The van der Waals surface area contributed by atoms with Crippen LogP contribution in [0.2, 0.25) is 0 Å². The van der Waals surface area contributed by atoms with Crippen molar-refractivity contribution in [3.05, 3.63) is 45.8 Å². The number of fused-ring (bicyclic) bond motifs is 2. The quantitative estimate of drug-likeness (QED) is 0.539. The summed E-state index contributed by atoms with van der Waals surface area (Å²) in [5, 5.41) is 3.54. The molecule has 1 saturated heterocycles. The van der Waals surface area contributed by atoms with Gasteiger partial charge in [-0.25, -0.2) is 14.4 Å². The molecule has 10 heteroatoms. The average molecular weight is 473 g/mol. The second-order valence-corrected chi connectivity index (χ2v) is 9.92. The summed E-state index contributed by atoms with van der Waals surface area (Å²) in [6, 6.07) is 5.09. The molecule has 174 valence electrons. The van der Waals surface area contributed by atoms with E-state index in [1.54, 1.807) is 6.92 Å². The number of aromatic nitrogens is 2. The van der Waals surface area contributed by atoms with Crippen molar-refractivity contribution in [1.82, 2.24) is 15.3 Å². The Morgan fingerprint density at radius 1 is 1.33 bits per heavy atom. The zero-order chi connectivity index (χ0) is 23.3. The van der Waals surface area contributed by atoms with Crippen molar-refractivity contribution >= 4 is 39.0 Å². The van der Waals surface area contributed by atoms with Crippen LogP contribution >= 0.6 is 11.3 Å². The van der Waals surface area contributed by atoms with Gasteiger partial charge < -0.3 is 21.7 Å². The Morgan fingerprint density at radius 2 is 2.15 bits per heavy atom. The lowest BCUT2D eigenvalue weighted by Crippen LogP contribution is -2.39. The number of amides is 1. The fourth-order valence-electron chi connectivity index (χ4n) is 4.67. The van der Waals surface area contributed by atoms with Gasteiger partial charge in [-0.1, -0.05) is 6.07 Å². The molecule has 3 aromatic heterocycles. The highest BCUT2D eigenvalue weighted by Gasteiger charge is 2.32. The highest BCUT2D eigenvalue weighted by Crippen LogP contribution is 2.34. The van der Waals surface area contributed by atoms with Gasteiger partial charge in [0.05, 0.1) is 18.1 Å². The summed E-state index contributed by atoms with van der Waals surface area (Å²) in [7, 11) is 0. The third kappa shape index (κ3) is 4.02. The number of halogens is 2. The monoisotopic (exact) mass is 472 g/mol. The summed E-state index contributed by atoms with van der Waals surface area (Å²) in [6.45, 7) is 2.35. The lowest BCUT2D eigenvalue weighted by molar-refractivity contribution is 0.0938. The van der Waals surface area contributed by atoms with Crippen LogP contribution < -0.4 is 21.7 Å². The number of hydrogen-bond acceptors (Lipinski definition) is 7. The lowest BCUT2D eigenvalue weighted by Gasteiger charge is -2.26. The molecule has 0 saturated carbocycles. The number of anilines is 2. The van der Waals surface area contributed by atoms with Crippen LogP contribution in [-0.4, -0.2) is 47.7 Å². The first-order chi connectivity index (χ1) is 15.8. The van der Waals surface area contributed by atoms with Crippen LogP contribution in [0.1, 0.15) is 33.0 Å². The molecule has 33 heavy (non-hydrogen) atoms. The van der Waals surface area contributed by atoms with Crippen LogP contribution in [0.3, 0.4) is 0 Å². The largest absolute Gasteiger partial charge is 0.397 e. The number of carbonyl (C=O) groups excluding carboxylic acids is 1. The summed E-state index contributed by atoms with van der Waals surface area (Å²) in [5.74, 6) is -0.0316. The minimum Gasteiger partial charge on any atom is -0.397 e. The maximum absolute atomic E-state index is 13.9. The Balaban J connectivity index is 1.29. The highest BCUT2D eigenvalue weighted by molar-refractivity contribution is 7.21. The minimum absolute atomic E-state index is 0.0511. The van der Waals surface area contributed by atoms with Gasteiger partial charge in [-0.05, 0) is 43.9 Å². The van der Waals surface area contributed by atoms with Gasteiger partial charge in [0, 0.05) is 42.2 Å². The summed E-state index contributed by atoms with van der Waals surface area (Å²) in [4.78, 5) is 24.9. The molecule has 1 aliphatic heterocycles. The van der Waals surface area contributed by atoms with E-state index in [1.165, 1.54) is 17.4 Å². The van der Waals surface area contributed by atoms with E-state index in [0.29, 0.717) is 34.6 Å². The predicted molar refractivity (Wildman–Crippen MR) is 126 cm³/mol. The van der Waals surface area contributed by atoms with Crippen LogP contribution in [0.5, 0.6) is 0 Å². The van der Waals surface area contributed by atoms with Gasteiger partial charge in [0.25, 0.3) is 5.91 Å². The highest BCUT2D eigenvalue weighted by atomic mass is 32.1. The van der Waals surface area contributed by atoms with Crippen LogP contribution in [0, 0.1) is 18.7 Å². The molecule has 0 unspecified atom stereocenters. The van der Waals surface area contributed by atoms with E-state index in [1.807, 2.05) is 17.0 Å². The number of rotatable bonds is 4. The van der Waals surface area contributed by atoms with Crippen LogP contribution in [0.4, 0.5) is 20.3 Å². The van der Waals surface area contributed by atoms with Gasteiger partial charge in [0.2, 0.25) is 0 Å². The molecule has 0 spiro atoms. The molecule has 1 fully saturated rings. The van der Waals surface area contributed by atoms with E-state index in [9.17, 15) is 13.6 Å². The minimum atomic E-state index is -0.439. The molecule has 2 aliphatic rings. The Bertz CT molecular complexity index is 1230. The van der Waals surface area contributed by atoms with E-state index >= 15 is 0 Å². The third-order valence-electron chi connectivity index (χ3n) is 6.65. The molecule has 3 aromatic rings. The molecule has 0 radical (unpaired) electrons. The molecule has 0 aromatic carbocycles. The molecule has 1 amide bonds. The van der Waals surface area contributed by atoms with Crippen molar-refractivity contribution in [2.45, 2.75) is 38.3 Å². The molecule has 7 nitrogen and oxygen atoms in total. The Labute approximate surface area is 194 Å². The normalized spacial score (nSPS) is 22.5. The molecule has 5 N–H and O–H groups in total. The number of hydrogen-bond donors (Lipinski definition) is 3. The summed E-state index contributed by atoms with van der Waals surface area (Å²) in [5.41, 5.74) is 14.8. The van der Waals surface area contributed by atoms with E-state index < -0.39 is 12.5 Å². The van der Waals surface area contributed by atoms with Crippen LogP contribution in [-0.2, 0) is 12.8 Å². The number of carbonyl (C=O) groups is 1. The van der Waals surface area contributed by atoms with E-state index in [4.69, 9.17) is 16.5 Å². The van der Waals surface area contributed by atoms with Gasteiger partial charge in [0.1, 0.15) is 21.3 Å². The first-order valence-corrected chi connectivity index (χ1v) is 11.9. The smallest absolute Gasteiger partial charge is 0.263 e. The number of aryl methyl sites for hydroxylation is 2. The fourth-order valence-corrected chi connectivity index (χ4v) is 5.70. The zero-order valence-corrected chi connectivity index (χ0v) is 19.1. The number of nitrogens with one attached hydrogen (secondary N) is 1. The number of alkyl halides is 1. The number of nitrogens with zero attached hydrogens (tertiary/aromatic N) is 3. The number of nitrogen functional groups attached to an aromatic ring is 1. The van der Waals surface area contributed by atoms with Crippen molar-refractivity contribution < 1.29 is 13.6 Å². The van der Waals surface area contributed by atoms with E-state index in [2.05, 4.69) is 10.3 Å². The third-order valence-corrected chi connectivity index (χ3v) is 7.77. The Morgan fingerprint density at radius 3 is 2.91 bits per heavy atom. The molecule has 1 aliphatic carbocycles. The van der Waals surface area contributed by atoms with Gasteiger partial charge in [-0.3, -0.25) is 9.18 Å². The fraction of sp³-hybridized carbons (Fsp3) is 0.435. The van der Waals surface area contributed by atoms with Crippen molar-refractivity contribution in [2.24, 2.45) is 11.7 Å². The second-order valence-electron chi connectivity index (χ2n) is 8.92. The molecular formula is C23H26F2N6OS. The molecule has 4 heterocycles. The van der Waals surface area contributed by atoms with Crippen LogP contribution in [0.25, 0.3) is 10.2 Å². The van der Waals surface area contributed by atoms with Gasteiger partial charge >= 0.3 is 0 Å². The van der Waals surface area contributed by atoms with Crippen molar-refractivity contribution in [3.8, 4) is 0 Å². The number of thiophene rings is 1. The number of pyridine rings is 2. The predicted octanol–water partition coefficient (Wildman–Crippen LogP) is 2.74. The first kappa shape index (κ1) is 22.0. The summed E-state index contributed by atoms with van der Waals surface area (Å²) < 4.78 is 27.0. The van der Waals surface area contributed by atoms with Crippen molar-refractivity contribution in [3.63, 3.8) is 0 Å².